The van der Waals surface area contributed by atoms with Gasteiger partial charge in [0.15, 0.2) is 0 Å². The smallest absolute Gasteiger partial charge is 0.282 e. The Balaban J connectivity index is 1.74. The molecule has 35 heavy (non-hydrogen) atoms. The molecule has 0 amide bonds. The van der Waals surface area contributed by atoms with Gasteiger partial charge in [-0.2, -0.15) is 9.78 Å². The highest BCUT2D eigenvalue weighted by molar-refractivity contribution is 9.11. The fourth-order valence-corrected chi connectivity index (χ4v) is 5.35. The van der Waals surface area contributed by atoms with Gasteiger partial charge >= 0.3 is 0 Å². The van der Waals surface area contributed by atoms with E-state index >= 15 is 0 Å². The summed E-state index contributed by atoms with van der Waals surface area (Å²) in [6.45, 7) is 4.49. The zero-order valence-electron chi connectivity index (χ0n) is 18.9. The van der Waals surface area contributed by atoms with Crippen LogP contribution in [0.3, 0.4) is 0 Å². The van der Waals surface area contributed by atoms with Gasteiger partial charge in [-0.3, -0.25) is 4.79 Å². The van der Waals surface area contributed by atoms with Gasteiger partial charge in [-0.15, -0.1) is 0 Å². The summed E-state index contributed by atoms with van der Waals surface area (Å²) >= 11 is 14.0. The molecule has 9 heteroatoms. The first kappa shape index (κ1) is 26.3. The Labute approximate surface area is 237 Å². The van der Waals surface area contributed by atoms with Crippen molar-refractivity contribution in [2.45, 2.75) is 32.8 Å². The lowest BCUT2D eigenvalue weighted by Gasteiger charge is -2.14. The van der Waals surface area contributed by atoms with Crippen molar-refractivity contribution in [3.8, 4) is 5.75 Å². The third-order valence-electron chi connectivity index (χ3n) is 5.57. The summed E-state index contributed by atoms with van der Waals surface area (Å²) < 4.78 is 11.2. The highest BCUT2D eigenvalue weighted by Crippen LogP contribution is 2.27. The minimum absolute atomic E-state index is 0.0564. The number of nitrogens with zero attached hydrogens (tertiary/aromatic N) is 3. The van der Waals surface area contributed by atoms with E-state index in [0.717, 1.165) is 35.4 Å². The minimum atomic E-state index is -0.209. The molecular weight excluding hydrogens is 706 g/mol. The fraction of sp³-hybridized carbons (Fsp3) is 0.192. The molecular formula is C26H21Br4N3O2. The molecule has 0 aliphatic carbocycles. The van der Waals surface area contributed by atoms with Crippen LogP contribution >= 0.6 is 63.7 Å². The van der Waals surface area contributed by atoms with Gasteiger partial charge in [-0.1, -0.05) is 83.6 Å². The van der Waals surface area contributed by atoms with Crippen LogP contribution < -0.4 is 10.3 Å². The molecule has 1 heterocycles. The summed E-state index contributed by atoms with van der Waals surface area (Å²) in [6.07, 6.45) is 2.48. The maximum atomic E-state index is 13.4. The van der Waals surface area contributed by atoms with Gasteiger partial charge in [0.25, 0.3) is 5.56 Å². The van der Waals surface area contributed by atoms with E-state index in [1.807, 2.05) is 55.5 Å². The molecule has 3 aromatic carbocycles. The Morgan fingerprint density at radius 1 is 1.00 bits per heavy atom. The van der Waals surface area contributed by atoms with Crippen LogP contribution in [0.1, 0.15) is 43.1 Å². The van der Waals surface area contributed by atoms with Gasteiger partial charge in [-0.25, -0.2) is 4.98 Å². The number of rotatable bonds is 7. The first-order chi connectivity index (χ1) is 16.8. The van der Waals surface area contributed by atoms with E-state index in [1.54, 1.807) is 12.3 Å². The van der Waals surface area contributed by atoms with Gasteiger partial charge in [-0.05, 0) is 55.0 Å². The van der Waals surface area contributed by atoms with E-state index < -0.39 is 0 Å². The summed E-state index contributed by atoms with van der Waals surface area (Å²) in [4.78, 5) is 18.2. The van der Waals surface area contributed by atoms with Crippen LogP contribution in [-0.2, 0) is 6.61 Å². The van der Waals surface area contributed by atoms with E-state index in [-0.39, 0.29) is 11.5 Å². The Hall–Kier alpha value is -1.81. The first-order valence-corrected chi connectivity index (χ1v) is 14.1. The highest BCUT2D eigenvalue weighted by Gasteiger charge is 2.16. The van der Waals surface area contributed by atoms with Gasteiger partial charge in [0.1, 0.15) is 18.2 Å². The second-order valence-corrected chi connectivity index (χ2v) is 11.6. The van der Waals surface area contributed by atoms with Gasteiger partial charge < -0.3 is 4.74 Å². The molecule has 0 fully saturated rings. The molecule has 4 aromatic rings. The Bertz CT molecular complexity index is 1480. The molecule has 0 radical (unpaired) electrons. The van der Waals surface area contributed by atoms with E-state index in [9.17, 15) is 4.79 Å². The SMILES string of the molecule is CC[C@H](C)c1nc2ccc(Br)cc2c(=O)n1N=Cc1cc(Br)ccc1OCc1ccc(Br)cc1Br. The molecule has 0 N–H and O–H groups in total. The van der Waals surface area contributed by atoms with E-state index in [4.69, 9.17) is 9.72 Å². The summed E-state index contributed by atoms with van der Waals surface area (Å²) in [6, 6.07) is 17.2. The van der Waals surface area contributed by atoms with Crippen molar-refractivity contribution < 1.29 is 4.74 Å². The third-order valence-corrected chi connectivity index (χ3v) is 7.79. The van der Waals surface area contributed by atoms with Gasteiger partial charge in [0.2, 0.25) is 0 Å². The van der Waals surface area contributed by atoms with E-state index in [2.05, 4.69) is 75.7 Å². The second-order valence-electron chi connectivity index (χ2n) is 8.01. The van der Waals surface area contributed by atoms with Crippen molar-refractivity contribution in [3.63, 3.8) is 0 Å². The molecule has 0 saturated carbocycles. The maximum absolute atomic E-state index is 13.4. The summed E-state index contributed by atoms with van der Waals surface area (Å²) in [5, 5.41) is 5.10. The quantitative estimate of drug-likeness (QED) is 0.180. The summed E-state index contributed by atoms with van der Waals surface area (Å²) in [5.74, 6) is 1.34. The average Bonchev–Trinajstić information content (AvgIpc) is 2.83. The number of halogens is 4. The molecule has 5 nitrogen and oxygen atoms in total. The van der Waals surface area contributed by atoms with E-state index in [0.29, 0.717) is 29.1 Å². The molecule has 0 spiro atoms. The average molecular weight is 727 g/mol. The number of benzene rings is 3. The molecule has 0 unspecified atom stereocenters. The maximum Gasteiger partial charge on any atom is 0.282 e. The first-order valence-electron chi connectivity index (χ1n) is 10.9. The van der Waals surface area contributed by atoms with Crippen molar-refractivity contribution in [1.29, 1.82) is 0 Å². The monoisotopic (exact) mass is 723 g/mol. The lowest BCUT2D eigenvalue weighted by Crippen LogP contribution is -2.23. The summed E-state index contributed by atoms with van der Waals surface area (Å²) in [5.41, 5.74) is 2.20. The predicted octanol–water partition coefficient (Wildman–Crippen LogP) is 8.42. The minimum Gasteiger partial charge on any atom is -0.488 e. The Kier molecular flexibility index (Phi) is 8.63. The van der Waals surface area contributed by atoms with Crippen LogP contribution in [0.4, 0.5) is 0 Å². The molecule has 0 bridgehead atoms. The number of hydrogen-bond donors (Lipinski definition) is 0. The molecule has 0 aliphatic heterocycles. The predicted molar refractivity (Wildman–Crippen MR) is 156 cm³/mol. The number of hydrogen-bond acceptors (Lipinski definition) is 4. The second kappa shape index (κ2) is 11.5. The normalized spacial score (nSPS) is 12.4. The fourth-order valence-electron chi connectivity index (χ4n) is 3.44. The topological polar surface area (TPSA) is 56.5 Å². The van der Waals surface area contributed by atoms with Crippen LogP contribution in [-0.4, -0.2) is 15.9 Å². The van der Waals surface area contributed by atoms with Crippen LogP contribution in [0.2, 0.25) is 0 Å². The Morgan fingerprint density at radius 3 is 2.43 bits per heavy atom. The van der Waals surface area contributed by atoms with Crippen molar-refractivity contribution >= 4 is 80.8 Å². The van der Waals surface area contributed by atoms with Crippen molar-refractivity contribution in [2.24, 2.45) is 5.10 Å². The molecule has 0 aliphatic rings. The number of fused-ring (bicyclic) bond motifs is 1. The van der Waals surface area contributed by atoms with Crippen molar-refractivity contribution in [1.82, 2.24) is 9.66 Å². The largest absolute Gasteiger partial charge is 0.488 e. The molecule has 1 atom stereocenters. The number of aromatic nitrogens is 2. The van der Waals surface area contributed by atoms with Crippen molar-refractivity contribution in [2.75, 3.05) is 0 Å². The third kappa shape index (κ3) is 6.13. The standard InChI is InChI=1S/C26H21Br4N3O2/c1-3-15(2)25-32-23-8-6-19(28)11-21(23)26(34)33(25)31-13-17-10-18(27)7-9-24(17)35-14-16-4-5-20(29)12-22(16)30/h4-13,15H,3,14H2,1-2H3/t15-/m0/s1. The molecule has 180 valence electrons. The highest BCUT2D eigenvalue weighted by atomic mass is 79.9. The lowest BCUT2D eigenvalue weighted by molar-refractivity contribution is 0.305. The zero-order chi connectivity index (χ0) is 25.1. The molecule has 4 rings (SSSR count). The molecule has 1 aromatic heterocycles. The summed E-state index contributed by atoms with van der Waals surface area (Å²) in [7, 11) is 0. The van der Waals surface area contributed by atoms with Gasteiger partial charge in [0, 0.05) is 34.9 Å². The molecule has 0 saturated heterocycles. The zero-order valence-corrected chi connectivity index (χ0v) is 25.3. The number of ether oxygens (including phenoxy) is 1. The van der Waals surface area contributed by atoms with E-state index in [1.165, 1.54) is 4.68 Å². The van der Waals surface area contributed by atoms with Gasteiger partial charge in [0.05, 0.1) is 17.1 Å². The lowest BCUT2D eigenvalue weighted by atomic mass is 10.1. The van der Waals surface area contributed by atoms with Crippen LogP contribution in [0.5, 0.6) is 5.75 Å². The Morgan fingerprint density at radius 2 is 1.69 bits per heavy atom. The van der Waals surface area contributed by atoms with Crippen LogP contribution in [0.25, 0.3) is 10.9 Å². The van der Waals surface area contributed by atoms with Crippen molar-refractivity contribution in [3.05, 3.63) is 99.8 Å². The van der Waals surface area contributed by atoms with Crippen LogP contribution in [0, 0.1) is 0 Å². The van der Waals surface area contributed by atoms with Crippen LogP contribution in [0.15, 0.2) is 82.4 Å².